The van der Waals surface area contributed by atoms with E-state index in [1.807, 2.05) is 0 Å². The van der Waals surface area contributed by atoms with Crippen molar-refractivity contribution in [2.45, 2.75) is 55.9 Å². The van der Waals surface area contributed by atoms with Crippen molar-refractivity contribution in [2.75, 3.05) is 18.1 Å². The van der Waals surface area contributed by atoms with Crippen LogP contribution in [0.2, 0.25) is 0 Å². The minimum absolute atomic E-state index is 0.0689. The lowest BCUT2D eigenvalue weighted by atomic mass is 10.00. The molecule has 0 aromatic rings. The average molecular weight is 371 g/mol. The van der Waals surface area contributed by atoms with Crippen molar-refractivity contribution in [3.63, 3.8) is 0 Å². The molecule has 1 fully saturated rings. The monoisotopic (exact) mass is 371 g/mol. The van der Waals surface area contributed by atoms with E-state index in [0.717, 1.165) is 11.8 Å². The zero-order chi connectivity index (χ0) is 18.4. The summed E-state index contributed by atoms with van der Waals surface area (Å²) < 4.78 is 10.6. The Labute approximate surface area is 143 Å². The Kier molecular flexibility index (Phi) is 8.84. The molecule has 1 saturated heterocycles. The third kappa shape index (κ3) is 6.10. The van der Waals surface area contributed by atoms with Crippen molar-refractivity contribution in [1.82, 2.24) is 0 Å². The number of rotatable bonds is 9. The van der Waals surface area contributed by atoms with Gasteiger partial charge in [-0.3, -0.25) is 4.79 Å². The number of ether oxygens (including phenoxy) is 2. The number of carbonyl (C=O) groups is 1. The van der Waals surface area contributed by atoms with Gasteiger partial charge in [-0.15, -0.1) is 11.8 Å². The number of carboxylic acids is 1. The Balaban J connectivity index is 2.57. The van der Waals surface area contributed by atoms with Crippen molar-refractivity contribution in [2.24, 2.45) is 5.73 Å². The summed E-state index contributed by atoms with van der Waals surface area (Å²) in [4.78, 5) is 10.5. The fourth-order valence-corrected chi connectivity index (χ4v) is 2.92. The van der Waals surface area contributed by atoms with E-state index < -0.39 is 54.9 Å². The van der Waals surface area contributed by atoms with Crippen molar-refractivity contribution in [3.05, 3.63) is 0 Å². The normalized spacial score (nSPS) is 34.5. The lowest BCUT2D eigenvalue weighted by molar-refractivity contribution is -0.293. The zero-order valence-electron chi connectivity index (χ0n) is 13.1. The van der Waals surface area contributed by atoms with E-state index in [4.69, 9.17) is 20.3 Å². The lowest BCUT2D eigenvalue weighted by Crippen LogP contribution is -2.59. The van der Waals surface area contributed by atoms with Crippen LogP contribution in [0.25, 0.3) is 0 Å². The van der Waals surface area contributed by atoms with Gasteiger partial charge in [-0.25, -0.2) is 0 Å². The molecule has 0 aromatic carbocycles. The molecule has 24 heavy (non-hydrogen) atoms. The highest BCUT2D eigenvalue weighted by Gasteiger charge is 2.44. The zero-order valence-corrected chi connectivity index (χ0v) is 14.0. The van der Waals surface area contributed by atoms with Crippen LogP contribution in [0.1, 0.15) is 6.92 Å². The first-order valence-electron chi connectivity index (χ1n) is 7.37. The van der Waals surface area contributed by atoms with Crippen LogP contribution in [0.15, 0.2) is 0 Å². The first-order valence-corrected chi connectivity index (χ1v) is 8.53. The van der Waals surface area contributed by atoms with E-state index >= 15 is 0 Å². The van der Waals surface area contributed by atoms with Crippen LogP contribution in [0, 0.1) is 0 Å². The summed E-state index contributed by atoms with van der Waals surface area (Å²) in [5.74, 6) is -1.17. The number of aliphatic hydroxyl groups excluding tert-OH is 5. The van der Waals surface area contributed by atoms with Crippen LogP contribution in [-0.4, -0.2) is 104 Å². The molecule has 0 aliphatic carbocycles. The molecule has 10 nitrogen and oxygen atoms in total. The highest BCUT2D eigenvalue weighted by atomic mass is 32.2. The quantitative estimate of drug-likeness (QED) is 0.215. The van der Waals surface area contributed by atoms with E-state index in [2.05, 4.69) is 0 Å². The Hall–Kier alpha value is -0.500. The molecule has 1 heterocycles. The van der Waals surface area contributed by atoms with E-state index in [1.54, 1.807) is 0 Å². The van der Waals surface area contributed by atoms with Crippen LogP contribution < -0.4 is 5.73 Å². The molecule has 0 amide bonds. The summed E-state index contributed by atoms with van der Waals surface area (Å²) in [6.45, 7) is 1.08. The van der Waals surface area contributed by atoms with Gasteiger partial charge in [-0.05, 0) is 6.92 Å². The number of hydrogen-bond acceptors (Lipinski definition) is 10. The molecule has 1 rings (SSSR count). The third-order valence-electron chi connectivity index (χ3n) is 3.56. The van der Waals surface area contributed by atoms with E-state index in [9.17, 15) is 30.3 Å². The first kappa shape index (κ1) is 21.5. The summed E-state index contributed by atoms with van der Waals surface area (Å²) in [5, 5.41) is 57.1. The third-order valence-corrected chi connectivity index (χ3v) is 4.58. The largest absolute Gasteiger partial charge is 0.481 e. The Morgan fingerprint density at radius 2 is 1.88 bits per heavy atom. The maximum Gasteiger partial charge on any atom is 0.313 e. The highest BCUT2D eigenvalue weighted by Crippen LogP contribution is 2.24. The summed E-state index contributed by atoms with van der Waals surface area (Å²) in [5.41, 5.74) is 5.64. The van der Waals surface area contributed by atoms with Gasteiger partial charge in [0.1, 0.15) is 18.3 Å². The maximum atomic E-state index is 10.5. The molecule has 1 aliphatic rings. The topological polar surface area (TPSA) is 183 Å². The molecule has 0 spiro atoms. The van der Waals surface area contributed by atoms with Crippen molar-refractivity contribution < 1.29 is 44.9 Å². The number of nitrogens with two attached hydrogens (primary N) is 1. The van der Waals surface area contributed by atoms with Gasteiger partial charge in [0, 0.05) is 5.75 Å². The fraction of sp³-hybridized carbons (Fsp3) is 0.923. The summed E-state index contributed by atoms with van der Waals surface area (Å²) in [6.07, 6.45) is -9.08. The smallest absolute Gasteiger partial charge is 0.313 e. The molecule has 0 saturated carbocycles. The molecular weight excluding hydrogens is 346 g/mol. The van der Waals surface area contributed by atoms with Gasteiger partial charge in [0.25, 0.3) is 0 Å². The molecule has 0 bridgehead atoms. The fourth-order valence-electron chi connectivity index (χ4n) is 2.12. The van der Waals surface area contributed by atoms with E-state index in [0.29, 0.717) is 0 Å². The number of aliphatic hydroxyl groups is 5. The second-order valence-electron chi connectivity index (χ2n) is 5.65. The van der Waals surface area contributed by atoms with Gasteiger partial charge >= 0.3 is 5.97 Å². The summed E-state index contributed by atoms with van der Waals surface area (Å²) in [7, 11) is 0. The predicted molar refractivity (Wildman–Crippen MR) is 83.3 cm³/mol. The second-order valence-corrected chi connectivity index (χ2v) is 6.68. The number of thioether (sulfide) groups is 1. The number of aliphatic carboxylic acids is 1. The minimum atomic E-state index is -1.54. The van der Waals surface area contributed by atoms with E-state index in [-0.39, 0.29) is 18.1 Å². The molecule has 0 radical (unpaired) electrons. The average Bonchev–Trinajstić information content (AvgIpc) is 2.52. The molecule has 11 heteroatoms. The van der Waals surface area contributed by atoms with Crippen LogP contribution in [0.3, 0.4) is 0 Å². The van der Waals surface area contributed by atoms with Gasteiger partial charge in [-0.2, -0.15) is 0 Å². The lowest BCUT2D eigenvalue weighted by Gasteiger charge is -2.40. The molecule has 0 aromatic heterocycles. The van der Waals surface area contributed by atoms with Gasteiger partial charge < -0.3 is 45.8 Å². The van der Waals surface area contributed by atoms with Gasteiger partial charge in [-0.1, -0.05) is 0 Å². The second kappa shape index (κ2) is 9.85. The van der Waals surface area contributed by atoms with Crippen LogP contribution in [-0.2, 0) is 14.3 Å². The summed E-state index contributed by atoms with van der Waals surface area (Å²) >= 11 is 0.980. The van der Waals surface area contributed by atoms with Gasteiger partial charge in [0.05, 0.1) is 36.7 Å². The van der Waals surface area contributed by atoms with Crippen LogP contribution >= 0.6 is 11.8 Å². The molecule has 8 atom stereocenters. The summed E-state index contributed by atoms with van der Waals surface area (Å²) in [6, 6.07) is -0.954. The Bertz CT molecular complexity index is 400. The number of hydrogen-bond donors (Lipinski definition) is 7. The van der Waals surface area contributed by atoms with Crippen LogP contribution in [0.4, 0.5) is 0 Å². The van der Waals surface area contributed by atoms with Crippen molar-refractivity contribution in [1.29, 1.82) is 0 Å². The van der Waals surface area contributed by atoms with Crippen LogP contribution in [0.5, 0.6) is 0 Å². The molecular formula is C13H25NO9S. The van der Waals surface area contributed by atoms with Crippen molar-refractivity contribution in [3.8, 4) is 0 Å². The molecule has 8 unspecified atom stereocenters. The first-order chi connectivity index (χ1) is 11.1. The molecule has 142 valence electrons. The van der Waals surface area contributed by atoms with Crippen molar-refractivity contribution >= 4 is 17.7 Å². The number of carboxylic acid groups (broad SMARTS) is 1. The maximum absolute atomic E-state index is 10.5. The van der Waals surface area contributed by atoms with Gasteiger partial charge in [0.2, 0.25) is 0 Å². The van der Waals surface area contributed by atoms with E-state index in [1.165, 1.54) is 6.92 Å². The highest BCUT2D eigenvalue weighted by molar-refractivity contribution is 7.99. The molecule has 8 N–H and O–H groups in total. The SMILES string of the molecule is CC(O)C(O)C(N)COC1OC(CSCC(=O)O)C(O)C(O)C1O. The van der Waals surface area contributed by atoms with Gasteiger partial charge in [0.15, 0.2) is 6.29 Å². The standard InChI is InChI=1S/C13H25NO9S/c1-5(15)9(18)6(14)2-22-13-12(21)11(20)10(19)7(23-13)3-24-4-8(16)17/h5-7,9-13,15,18-21H,2-4,14H2,1H3,(H,16,17). The predicted octanol–water partition coefficient (Wildman–Crippen LogP) is -3.30. The minimum Gasteiger partial charge on any atom is -0.481 e. The Morgan fingerprint density at radius 1 is 1.25 bits per heavy atom. The molecule has 1 aliphatic heterocycles. The Morgan fingerprint density at radius 3 is 2.42 bits per heavy atom.